The SMILES string of the molecule is Cc1ccc(C(=O)SC(F)(F)F)c(C)c1. The Bertz CT molecular complexity index is 385. The molecule has 0 saturated carbocycles. The van der Waals surface area contributed by atoms with Gasteiger partial charge in [-0.1, -0.05) is 17.7 Å². The van der Waals surface area contributed by atoms with Crippen LogP contribution < -0.4 is 0 Å². The van der Waals surface area contributed by atoms with E-state index in [1.807, 2.05) is 6.92 Å². The van der Waals surface area contributed by atoms with E-state index in [0.29, 0.717) is 5.56 Å². The summed E-state index contributed by atoms with van der Waals surface area (Å²) >= 11 is -0.609. The molecule has 0 amide bonds. The third kappa shape index (κ3) is 3.58. The van der Waals surface area contributed by atoms with Gasteiger partial charge in [0.15, 0.2) is 0 Å². The van der Waals surface area contributed by atoms with Gasteiger partial charge in [0, 0.05) is 17.3 Å². The maximum Gasteiger partial charge on any atom is 0.449 e. The van der Waals surface area contributed by atoms with E-state index in [0.717, 1.165) is 5.56 Å². The first-order valence-electron chi connectivity index (χ1n) is 4.17. The Morgan fingerprint density at radius 1 is 1.27 bits per heavy atom. The number of benzene rings is 1. The van der Waals surface area contributed by atoms with Crippen molar-refractivity contribution < 1.29 is 18.0 Å². The van der Waals surface area contributed by atoms with Gasteiger partial charge in [-0.05, 0) is 25.5 Å². The van der Waals surface area contributed by atoms with E-state index in [4.69, 9.17) is 0 Å². The van der Waals surface area contributed by atoms with Gasteiger partial charge >= 0.3 is 5.51 Å². The fourth-order valence-corrected chi connectivity index (χ4v) is 1.75. The van der Waals surface area contributed by atoms with Crippen LogP contribution in [0.5, 0.6) is 0 Å². The zero-order valence-electron chi connectivity index (χ0n) is 8.18. The Kier molecular flexibility index (Phi) is 3.44. The minimum atomic E-state index is -4.52. The summed E-state index contributed by atoms with van der Waals surface area (Å²) in [6.07, 6.45) is 0. The molecule has 0 aliphatic heterocycles. The monoisotopic (exact) mass is 234 g/mol. The Morgan fingerprint density at radius 3 is 2.33 bits per heavy atom. The van der Waals surface area contributed by atoms with Gasteiger partial charge in [0.1, 0.15) is 0 Å². The van der Waals surface area contributed by atoms with Crippen molar-refractivity contribution in [1.29, 1.82) is 0 Å². The normalized spacial score (nSPS) is 11.5. The lowest BCUT2D eigenvalue weighted by Gasteiger charge is -2.07. The highest BCUT2D eigenvalue weighted by molar-refractivity contribution is 8.14. The van der Waals surface area contributed by atoms with E-state index in [9.17, 15) is 18.0 Å². The summed E-state index contributed by atoms with van der Waals surface area (Å²) in [4.78, 5) is 11.2. The number of carbonyl (C=O) groups excluding carboxylic acids is 1. The van der Waals surface area contributed by atoms with E-state index in [2.05, 4.69) is 0 Å². The Hall–Kier alpha value is -0.970. The maximum absolute atomic E-state index is 11.9. The molecule has 0 saturated heterocycles. The molecule has 0 fully saturated rings. The van der Waals surface area contributed by atoms with Crippen LogP contribution >= 0.6 is 11.8 Å². The molecule has 1 aromatic carbocycles. The van der Waals surface area contributed by atoms with Crippen molar-refractivity contribution in [2.75, 3.05) is 0 Å². The van der Waals surface area contributed by atoms with Gasteiger partial charge in [-0.3, -0.25) is 4.79 Å². The Morgan fingerprint density at radius 2 is 1.87 bits per heavy atom. The van der Waals surface area contributed by atoms with Crippen LogP contribution in [0, 0.1) is 13.8 Å². The molecule has 1 aromatic rings. The number of alkyl halides is 3. The molecule has 0 bridgehead atoms. The van der Waals surface area contributed by atoms with E-state index in [-0.39, 0.29) is 5.56 Å². The number of thioether (sulfide) groups is 1. The fraction of sp³-hybridized carbons (Fsp3) is 0.300. The Labute approximate surface area is 89.7 Å². The molecule has 0 aliphatic rings. The summed E-state index contributed by atoms with van der Waals surface area (Å²) in [5.74, 6) is 0. The van der Waals surface area contributed by atoms with Gasteiger partial charge in [0.25, 0.3) is 0 Å². The van der Waals surface area contributed by atoms with Crippen molar-refractivity contribution in [3.05, 3.63) is 34.9 Å². The number of rotatable bonds is 1. The minimum absolute atomic E-state index is 0.114. The second kappa shape index (κ2) is 4.26. The molecule has 0 unspecified atom stereocenters. The quantitative estimate of drug-likeness (QED) is 0.737. The third-order valence-corrected chi connectivity index (χ3v) is 2.45. The number of aryl methyl sites for hydroxylation is 2. The predicted octanol–water partition coefficient (Wildman–Crippen LogP) is 3.70. The van der Waals surface area contributed by atoms with Crippen LogP contribution in [-0.2, 0) is 0 Å². The van der Waals surface area contributed by atoms with Gasteiger partial charge in [-0.25, -0.2) is 0 Å². The van der Waals surface area contributed by atoms with Crippen molar-refractivity contribution in [3.63, 3.8) is 0 Å². The van der Waals surface area contributed by atoms with E-state index < -0.39 is 22.4 Å². The average Bonchev–Trinajstić information content (AvgIpc) is 1.99. The van der Waals surface area contributed by atoms with Crippen LogP contribution in [0.25, 0.3) is 0 Å². The van der Waals surface area contributed by atoms with Crippen molar-refractivity contribution in [2.45, 2.75) is 19.4 Å². The summed E-state index contributed by atoms with van der Waals surface area (Å²) in [6, 6.07) is 4.73. The number of hydrogen-bond acceptors (Lipinski definition) is 2. The standard InChI is InChI=1S/C10H9F3OS/c1-6-3-4-8(7(2)5-6)9(14)15-10(11,12)13/h3-5H,1-2H3. The molecule has 0 heterocycles. The highest BCUT2D eigenvalue weighted by Crippen LogP contribution is 2.33. The van der Waals surface area contributed by atoms with Crippen molar-refractivity contribution >= 4 is 16.9 Å². The Balaban J connectivity index is 2.92. The van der Waals surface area contributed by atoms with Crippen molar-refractivity contribution in [3.8, 4) is 0 Å². The van der Waals surface area contributed by atoms with E-state index >= 15 is 0 Å². The van der Waals surface area contributed by atoms with Crippen LogP contribution in [-0.4, -0.2) is 10.6 Å². The minimum Gasteiger partial charge on any atom is -0.281 e. The number of carbonyl (C=O) groups is 1. The molecule has 1 nitrogen and oxygen atoms in total. The lowest BCUT2D eigenvalue weighted by molar-refractivity contribution is -0.0322. The van der Waals surface area contributed by atoms with Crippen LogP contribution in [0.15, 0.2) is 18.2 Å². The first-order chi connectivity index (χ1) is 6.79. The van der Waals surface area contributed by atoms with Crippen LogP contribution in [0.2, 0.25) is 0 Å². The molecule has 0 aliphatic carbocycles. The molecule has 15 heavy (non-hydrogen) atoms. The van der Waals surface area contributed by atoms with Crippen molar-refractivity contribution in [2.24, 2.45) is 0 Å². The van der Waals surface area contributed by atoms with Gasteiger partial charge < -0.3 is 0 Å². The zero-order valence-corrected chi connectivity index (χ0v) is 9.00. The molecule has 5 heteroatoms. The van der Waals surface area contributed by atoms with Gasteiger partial charge in [0.05, 0.1) is 0 Å². The van der Waals surface area contributed by atoms with Crippen LogP contribution in [0.4, 0.5) is 13.2 Å². The summed E-state index contributed by atoms with van der Waals surface area (Å²) < 4.78 is 35.8. The second-order valence-corrected chi connectivity index (χ2v) is 4.19. The maximum atomic E-state index is 11.9. The van der Waals surface area contributed by atoms with Gasteiger partial charge in [0.2, 0.25) is 5.12 Å². The van der Waals surface area contributed by atoms with Gasteiger partial charge in [-0.15, -0.1) is 0 Å². The van der Waals surface area contributed by atoms with Crippen LogP contribution in [0.1, 0.15) is 21.5 Å². The molecule has 1 rings (SSSR count). The topological polar surface area (TPSA) is 17.1 Å². The lowest BCUT2D eigenvalue weighted by Crippen LogP contribution is -2.07. The first-order valence-corrected chi connectivity index (χ1v) is 4.98. The van der Waals surface area contributed by atoms with Crippen LogP contribution in [0.3, 0.4) is 0 Å². The fourth-order valence-electron chi connectivity index (χ4n) is 1.20. The molecular weight excluding hydrogens is 225 g/mol. The molecular formula is C10H9F3OS. The largest absolute Gasteiger partial charge is 0.449 e. The first kappa shape index (κ1) is 12.1. The van der Waals surface area contributed by atoms with E-state index in [1.54, 1.807) is 19.1 Å². The molecule has 0 atom stereocenters. The molecule has 0 N–H and O–H groups in total. The smallest absolute Gasteiger partial charge is 0.281 e. The summed E-state index contributed by atoms with van der Waals surface area (Å²) in [7, 11) is 0. The number of hydrogen-bond donors (Lipinski definition) is 0. The summed E-state index contributed by atoms with van der Waals surface area (Å²) in [5, 5.41) is -0.958. The second-order valence-electron chi connectivity index (χ2n) is 3.15. The highest BCUT2D eigenvalue weighted by Gasteiger charge is 2.33. The number of halogens is 3. The molecule has 0 aromatic heterocycles. The molecule has 0 spiro atoms. The van der Waals surface area contributed by atoms with Crippen molar-refractivity contribution in [1.82, 2.24) is 0 Å². The third-order valence-electron chi connectivity index (χ3n) is 1.81. The predicted molar refractivity (Wildman–Crippen MR) is 53.9 cm³/mol. The highest BCUT2D eigenvalue weighted by atomic mass is 32.2. The molecule has 0 radical (unpaired) electrons. The summed E-state index contributed by atoms with van der Waals surface area (Å²) in [5.41, 5.74) is -2.92. The summed E-state index contributed by atoms with van der Waals surface area (Å²) in [6.45, 7) is 3.44. The lowest BCUT2D eigenvalue weighted by atomic mass is 10.1. The zero-order chi connectivity index (χ0) is 11.6. The van der Waals surface area contributed by atoms with Gasteiger partial charge in [-0.2, -0.15) is 13.2 Å². The molecule has 82 valence electrons. The van der Waals surface area contributed by atoms with E-state index in [1.165, 1.54) is 6.07 Å². The average molecular weight is 234 g/mol.